The molecule has 0 N–H and O–H groups in total. The molecule has 0 amide bonds. The molecule has 0 saturated carbocycles. The smallest absolute Gasteiger partial charge is 0.169 e. The third-order valence-corrected chi connectivity index (χ3v) is 6.78. The number of nitrogens with zero attached hydrogens (tertiary/aromatic N) is 2. The van der Waals surface area contributed by atoms with Gasteiger partial charge in [-0.1, -0.05) is 0 Å². The van der Waals surface area contributed by atoms with Gasteiger partial charge in [-0.2, -0.15) is 0 Å². The third-order valence-electron chi connectivity index (χ3n) is 3.69. The second kappa shape index (κ2) is 4.83. The highest BCUT2D eigenvalue weighted by atomic mass is 32.2. The SMILES string of the molecule is CSC1=C(c2cc(C)c3ccsc3c2)N2CCN=C2S1. The van der Waals surface area contributed by atoms with E-state index in [0.29, 0.717) is 0 Å². The molecule has 2 aromatic rings. The number of amidine groups is 1. The van der Waals surface area contributed by atoms with Crippen LogP contribution in [0.2, 0.25) is 0 Å². The largest absolute Gasteiger partial charge is 0.317 e. The summed E-state index contributed by atoms with van der Waals surface area (Å²) in [7, 11) is 0. The van der Waals surface area contributed by atoms with E-state index < -0.39 is 0 Å². The molecule has 3 heterocycles. The summed E-state index contributed by atoms with van der Waals surface area (Å²) in [6.07, 6.45) is 2.15. The first-order valence-corrected chi connectivity index (χ1v) is 9.46. The minimum absolute atomic E-state index is 0.924. The molecule has 5 heteroatoms. The highest BCUT2D eigenvalue weighted by Gasteiger charge is 2.32. The first-order chi connectivity index (χ1) is 9.78. The summed E-state index contributed by atoms with van der Waals surface area (Å²) in [6.45, 7) is 4.15. The maximum Gasteiger partial charge on any atom is 0.169 e. The number of aryl methyl sites for hydroxylation is 1. The van der Waals surface area contributed by atoms with Gasteiger partial charge in [0.2, 0.25) is 0 Å². The maximum absolute atomic E-state index is 4.60. The standard InChI is InChI=1S/C15H14N2S3/c1-9-7-10(8-12-11(9)3-6-19-12)13-14(18-2)20-15-16-4-5-17(13)15/h3,6-8H,4-5H2,1-2H3. The van der Waals surface area contributed by atoms with Gasteiger partial charge in [0.05, 0.1) is 16.5 Å². The molecule has 0 bridgehead atoms. The van der Waals surface area contributed by atoms with Gasteiger partial charge in [0.25, 0.3) is 0 Å². The van der Waals surface area contributed by atoms with Gasteiger partial charge in [-0.25, -0.2) is 0 Å². The van der Waals surface area contributed by atoms with E-state index in [2.05, 4.69) is 46.7 Å². The molecular weight excluding hydrogens is 304 g/mol. The zero-order valence-corrected chi connectivity index (χ0v) is 13.8. The van der Waals surface area contributed by atoms with E-state index in [-0.39, 0.29) is 0 Å². The maximum atomic E-state index is 4.60. The molecule has 0 atom stereocenters. The quantitative estimate of drug-likeness (QED) is 0.803. The number of hydrogen-bond donors (Lipinski definition) is 0. The molecular formula is C15H14N2S3. The predicted octanol–water partition coefficient (Wildman–Crippen LogP) is 4.62. The van der Waals surface area contributed by atoms with Gasteiger partial charge >= 0.3 is 0 Å². The van der Waals surface area contributed by atoms with Crippen LogP contribution in [0.15, 0.2) is 32.8 Å². The highest BCUT2D eigenvalue weighted by molar-refractivity contribution is 8.30. The number of aliphatic imine (C=N–C) groups is 1. The van der Waals surface area contributed by atoms with Crippen LogP contribution in [-0.2, 0) is 0 Å². The van der Waals surface area contributed by atoms with Gasteiger partial charge in [-0.3, -0.25) is 4.99 Å². The Morgan fingerprint density at radius 2 is 2.25 bits per heavy atom. The molecule has 0 unspecified atom stereocenters. The van der Waals surface area contributed by atoms with Crippen LogP contribution >= 0.6 is 34.9 Å². The van der Waals surface area contributed by atoms with E-state index in [1.807, 2.05) is 34.9 Å². The molecule has 2 nitrogen and oxygen atoms in total. The van der Waals surface area contributed by atoms with E-state index in [1.54, 1.807) is 0 Å². The minimum atomic E-state index is 0.924. The van der Waals surface area contributed by atoms with Crippen LogP contribution in [0.5, 0.6) is 0 Å². The molecule has 2 aliphatic rings. The first-order valence-electron chi connectivity index (χ1n) is 6.54. The van der Waals surface area contributed by atoms with Crippen molar-refractivity contribution in [1.29, 1.82) is 0 Å². The van der Waals surface area contributed by atoms with Crippen molar-refractivity contribution >= 4 is 55.8 Å². The Bertz CT molecular complexity index is 758. The van der Waals surface area contributed by atoms with Crippen LogP contribution in [0.1, 0.15) is 11.1 Å². The molecule has 0 fully saturated rings. The summed E-state index contributed by atoms with van der Waals surface area (Å²) in [5, 5.41) is 4.73. The van der Waals surface area contributed by atoms with E-state index in [9.17, 15) is 0 Å². The molecule has 0 spiro atoms. The van der Waals surface area contributed by atoms with E-state index in [1.165, 1.54) is 36.3 Å². The summed E-state index contributed by atoms with van der Waals surface area (Å²) in [5.41, 5.74) is 4.06. The Labute approximate surface area is 131 Å². The van der Waals surface area contributed by atoms with Crippen molar-refractivity contribution in [3.05, 3.63) is 38.9 Å². The topological polar surface area (TPSA) is 15.6 Å². The van der Waals surface area contributed by atoms with E-state index >= 15 is 0 Å². The number of thioether (sulfide) groups is 2. The van der Waals surface area contributed by atoms with Crippen LogP contribution < -0.4 is 0 Å². The Hall–Kier alpha value is -0.910. The lowest BCUT2D eigenvalue weighted by molar-refractivity contribution is 0.649. The van der Waals surface area contributed by atoms with Crippen molar-refractivity contribution in [2.75, 3.05) is 19.3 Å². The Morgan fingerprint density at radius 1 is 1.35 bits per heavy atom. The fraction of sp³-hybridized carbons (Fsp3) is 0.267. The molecule has 0 saturated heterocycles. The number of hydrogen-bond acceptors (Lipinski definition) is 5. The fourth-order valence-corrected chi connectivity index (χ4v) is 5.58. The zero-order valence-electron chi connectivity index (χ0n) is 11.3. The molecule has 0 radical (unpaired) electrons. The van der Waals surface area contributed by atoms with Gasteiger partial charge < -0.3 is 4.90 Å². The van der Waals surface area contributed by atoms with Crippen molar-refractivity contribution in [1.82, 2.24) is 4.90 Å². The lowest BCUT2D eigenvalue weighted by Gasteiger charge is -2.17. The summed E-state index contributed by atoms with van der Waals surface area (Å²) in [5.74, 6) is 0. The Morgan fingerprint density at radius 3 is 3.10 bits per heavy atom. The van der Waals surface area contributed by atoms with Crippen molar-refractivity contribution in [3.8, 4) is 0 Å². The molecule has 4 rings (SSSR count). The van der Waals surface area contributed by atoms with Crippen LogP contribution in [0, 0.1) is 6.92 Å². The van der Waals surface area contributed by atoms with Crippen molar-refractivity contribution < 1.29 is 0 Å². The van der Waals surface area contributed by atoms with Crippen LogP contribution in [0.3, 0.4) is 0 Å². The molecule has 0 aliphatic carbocycles. The summed E-state index contributed by atoms with van der Waals surface area (Å²) in [4.78, 5) is 6.98. The van der Waals surface area contributed by atoms with Crippen molar-refractivity contribution in [2.24, 2.45) is 4.99 Å². The van der Waals surface area contributed by atoms with Gasteiger partial charge in [0.15, 0.2) is 5.17 Å². The molecule has 102 valence electrons. The van der Waals surface area contributed by atoms with Crippen LogP contribution in [0.25, 0.3) is 15.8 Å². The van der Waals surface area contributed by atoms with Gasteiger partial charge in [0, 0.05) is 16.8 Å². The average Bonchev–Trinajstić information content (AvgIpc) is 3.12. The predicted molar refractivity (Wildman–Crippen MR) is 93.6 cm³/mol. The van der Waals surface area contributed by atoms with Crippen LogP contribution in [-0.4, -0.2) is 29.4 Å². The summed E-state index contributed by atoms with van der Waals surface area (Å²) >= 11 is 5.47. The number of rotatable bonds is 2. The Kier molecular flexibility index (Phi) is 3.09. The van der Waals surface area contributed by atoms with Crippen molar-refractivity contribution in [3.63, 3.8) is 0 Å². The van der Waals surface area contributed by atoms with Crippen molar-refractivity contribution in [2.45, 2.75) is 6.92 Å². The van der Waals surface area contributed by atoms with Crippen LogP contribution in [0.4, 0.5) is 0 Å². The van der Waals surface area contributed by atoms with Gasteiger partial charge in [-0.05, 0) is 59.5 Å². The summed E-state index contributed by atoms with van der Waals surface area (Å²) in [6, 6.07) is 6.87. The van der Waals surface area contributed by atoms with E-state index in [4.69, 9.17) is 0 Å². The van der Waals surface area contributed by atoms with Gasteiger partial charge in [0.1, 0.15) is 0 Å². The molecule has 2 aliphatic heterocycles. The molecule has 1 aromatic heterocycles. The zero-order chi connectivity index (χ0) is 13.7. The third kappa shape index (κ3) is 1.84. The summed E-state index contributed by atoms with van der Waals surface area (Å²) < 4.78 is 2.75. The first kappa shape index (κ1) is 12.8. The second-order valence-corrected chi connectivity index (χ2v) is 7.88. The average molecular weight is 318 g/mol. The molecule has 20 heavy (non-hydrogen) atoms. The monoisotopic (exact) mass is 318 g/mol. The van der Waals surface area contributed by atoms with Gasteiger partial charge in [-0.15, -0.1) is 23.1 Å². The normalized spacial score (nSPS) is 18.1. The van der Waals surface area contributed by atoms with E-state index in [0.717, 1.165) is 13.1 Å². The Balaban J connectivity index is 1.90. The molecule has 1 aromatic carbocycles. The number of benzene rings is 1. The lowest BCUT2D eigenvalue weighted by atomic mass is 10.1. The fourth-order valence-electron chi connectivity index (χ4n) is 2.76. The second-order valence-electron chi connectivity index (χ2n) is 4.88. The number of fused-ring (bicyclic) bond motifs is 2. The highest BCUT2D eigenvalue weighted by Crippen LogP contribution is 2.47. The lowest BCUT2D eigenvalue weighted by Crippen LogP contribution is -2.20. The number of thiophene rings is 1. The minimum Gasteiger partial charge on any atom is -0.317 e.